The van der Waals surface area contributed by atoms with Crippen molar-refractivity contribution >= 4 is 0 Å². The molecule has 102 valence electrons. The van der Waals surface area contributed by atoms with Crippen LogP contribution >= 0.6 is 0 Å². The summed E-state index contributed by atoms with van der Waals surface area (Å²) in [7, 11) is 0. The zero-order valence-corrected chi connectivity index (χ0v) is 11.9. The van der Waals surface area contributed by atoms with Gasteiger partial charge in [0, 0.05) is 12.6 Å². The second kappa shape index (κ2) is 7.52. The van der Waals surface area contributed by atoms with Gasteiger partial charge in [0.15, 0.2) is 0 Å². The molecule has 0 heterocycles. The predicted octanol–water partition coefficient (Wildman–Crippen LogP) is 2.27. The molecule has 0 aliphatic rings. The number of hydrogen-bond acceptors (Lipinski definition) is 3. The van der Waals surface area contributed by atoms with Gasteiger partial charge in [-0.1, -0.05) is 17.7 Å². The predicted molar refractivity (Wildman–Crippen MR) is 75.0 cm³/mol. The minimum Gasteiger partial charge on any atom is -0.394 e. The van der Waals surface area contributed by atoms with Gasteiger partial charge in [0.1, 0.15) is 0 Å². The molecule has 1 aromatic carbocycles. The highest BCUT2D eigenvalue weighted by atomic mass is 16.5. The van der Waals surface area contributed by atoms with Crippen molar-refractivity contribution in [1.82, 2.24) is 5.32 Å². The molecular formula is C15H25NO2. The molecule has 0 radical (unpaired) electrons. The summed E-state index contributed by atoms with van der Waals surface area (Å²) in [6.07, 6.45) is 0. The van der Waals surface area contributed by atoms with Crippen molar-refractivity contribution in [1.29, 1.82) is 0 Å². The summed E-state index contributed by atoms with van der Waals surface area (Å²) in [6.45, 7) is 10.6. The fourth-order valence-electron chi connectivity index (χ4n) is 2.49. The molecule has 0 aromatic heterocycles. The first-order valence-corrected chi connectivity index (χ1v) is 6.56. The first-order chi connectivity index (χ1) is 8.56. The van der Waals surface area contributed by atoms with E-state index in [0.29, 0.717) is 19.3 Å². The van der Waals surface area contributed by atoms with Crippen LogP contribution in [0.4, 0.5) is 0 Å². The molecule has 0 aliphatic heterocycles. The number of benzene rings is 1. The largest absolute Gasteiger partial charge is 0.394 e. The molecule has 0 saturated carbocycles. The molecule has 1 unspecified atom stereocenters. The Kier molecular flexibility index (Phi) is 6.33. The standard InChI is InChI=1S/C15H25NO2/c1-11-9-12(2)15(13(3)10-11)14(4)16-5-7-18-8-6-17/h9-10,14,16-17H,5-8H2,1-4H3. The van der Waals surface area contributed by atoms with Crippen LogP contribution in [0, 0.1) is 20.8 Å². The number of nitrogens with one attached hydrogen (secondary N) is 1. The van der Waals surface area contributed by atoms with Gasteiger partial charge in [-0.05, 0) is 44.4 Å². The lowest BCUT2D eigenvalue weighted by molar-refractivity contribution is 0.0928. The molecule has 0 spiro atoms. The van der Waals surface area contributed by atoms with Crippen LogP contribution in [-0.2, 0) is 4.74 Å². The molecular weight excluding hydrogens is 226 g/mol. The molecule has 0 bridgehead atoms. The maximum Gasteiger partial charge on any atom is 0.0698 e. The van der Waals surface area contributed by atoms with Gasteiger partial charge in [0.25, 0.3) is 0 Å². The fourth-order valence-corrected chi connectivity index (χ4v) is 2.49. The van der Waals surface area contributed by atoms with Gasteiger partial charge in [-0.15, -0.1) is 0 Å². The highest BCUT2D eigenvalue weighted by Crippen LogP contribution is 2.22. The van der Waals surface area contributed by atoms with E-state index in [9.17, 15) is 0 Å². The molecule has 1 atom stereocenters. The highest BCUT2D eigenvalue weighted by molar-refractivity contribution is 5.39. The SMILES string of the molecule is Cc1cc(C)c(C(C)NCCOCCO)c(C)c1. The Balaban J connectivity index is 2.53. The van der Waals surface area contributed by atoms with Crippen LogP contribution in [0.25, 0.3) is 0 Å². The Bertz CT molecular complexity index is 354. The molecule has 0 saturated heterocycles. The second-order valence-electron chi connectivity index (χ2n) is 4.82. The third kappa shape index (κ3) is 4.41. The molecule has 0 aliphatic carbocycles. The number of aryl methyl sites for hydroxylation is 3. The summed E-state index contributed by atoms with van der Waals surface area (Å²) >= 11 is 0. The van der Waals surface area contributed by atoms with Crippen LogP contribution in [0.5, 0.6) is 0 Å². The molecule has 1 aromatic rings. The topological polar surface area (TPSA) is 41.5 Å². The summed E-state index contributed by atoms with van der Waals surface area (Å²) in [5.41, 5.74) is 5.36. The van der Waals surface area contributed by atoms with Gasteiger partial charge in [0.05, 0.1) is 19.8 Å². The Labute approximate surface area is 110 Å². The van der Waals surface area contributed by atoms with Crippen LogP contribution in [-0.4, -0.2) is 31.5 Å². The van der Waals surface area contributed by atoms with Crippen LogP contribution in [0.3, 0.4) is 0 Å². The Hall–Kier alpha value is -0.900. The second-order valence-corrected chi connectivity index (χ2v) is 4.82. The van der Waals surface area contributed by atoms with Crippen LogP contribution in [0.2, 0.25) is 0 Å². The highest BCUT2D eigenvalue weighted by Gasteiger charge is 2.11. The van der Waals surface area contributed by atoms with Gasteiger partial charge in [-0.25, -0.2) is 0 Å². The normalized spacial score (nSPS) is 12.7. The van der Waals surface area contributed by atoms with Gasteiger partial charge in [0.2, 0.25) is 0 Å². The van der Waals surface area contributed by atoms with E-state index in [-0.39, 0.29) is 6.61 Å². The molecule has 3 heteroatoms. The molecule has 2 N–H and O–H groups in total. The summed E-state index contributed by atoms with van der Waals surface area (Å²) in [4.78, 5) is 0. The van der Waals surface area contributed by atoms with Gasteiger partial charge < -0.3 is 15.2 Å². The maximum atomic E-state index is 8.61. The molecule has 18 heavy (non-hydrogen) atoms. The van der Waals surface area contributed by atoms with Crippen LogP contribution in [0.15, 0.2) is 12.1 Å². The van der Waals surface area contributed by atoms with E-state index in [2.05, 4.69) is 45.1 Å². The quantitative estimate of drug-likeness (QED) is 0.730. The van der Waals surface area contributed by atoms with Crippen LogP contribution < -0.4 is 5.32 Å². The minimum atomic E-state index is 0.0890. The first kappa shape index (κ1) is 15.2. The number of aliphatic hydroxyl groups excluding tert-OH is 1. The lowest BCUT2D eigenvalue weighted by atomic mass is 9.95. The van der Waals surface area contributed by atoms with Crippen LogP contribution in [0.1, 0.15) is 35.2 Å². The monoisotopic (exact) mass is 251 g/mol. The van der Waals surface area contributed by atoms with E-state index in [1.54, 1.807) is 0 Å². The van der Waals surface area contributed by atoms with Gasteiger partial charge >= 0.3 is 0 Å². The maximum absolute atomic E-state index is 8.61. The first-order valence-electron chi connectivity index (χ1n) is 6.56. The third-order valence-corrected chi connectivity index (χ3v) is 3.10. The fraction of sp³-hybridized carbons (Fsp3) is 0.600. The lowest BCUT2D eigenvalue weighted by Gasteiger charge is -2.20. The smallest absolute Gasteiger partial charge is 0.0698 e. The van der Waals surface area contributed by atoms with Crippen molar-refractivity contribution in [2.24, 2.45) is 0 Å². The average molecular weight is 251 g/mol. The van der Waals surface area contributed by atoms with E-state index < -0.39 is 0 Å². The Morgan fingerprint density at radius 1 is 1.17 bits per heavy atom. The van der Waals surface area contributed by atoms with Crippen molar-refractivity contribution < 1.29 is 9.84 Å². The van der Waals surface area contributed by atoms with E-state index in [4.69, 9.17) is 9.84 Å². The Morgan fingerprint density at radius 2 is 1.78 bits per heavy atom. The lowest BCUT2D eigenvalue weighted by Crippen LogP contribution is -2.25. The van der Waals surface area contributed by atoms with E-state index in [1.807, 2.05) is 0 Å². The van der Waals surface area contributed by atoms with Crippen molar-refractivity contribution in [3.05, 3.63) is 34.4 Å². The average Bonchev–Trinajstić information content (AvgIpc) is 2.27. The van der Waals surface area contributed by atoms with E-state index >= 15 is 0 Å². The number of aliphatic hydroxyl groups is 1. The molecule has 3 nitrogen and oxygen atoms in total. The third-order valence-electron chi connectivity index (χ3n) is 3.10. The number of rotatable bonds is 7. The zero-order valence-electron chi connectivity index (χ0n) is 11.9. The minimum absolute atomic E-state index is 0.0890. The van der Waals surface area contributed by atoms with Gasteiger partial charge in [-0.2, -0.15) is 0 Å². The van der Waals surface area contributed by atoms with E-state index in [1.165, 1.54) is 22.3 Å². The van der Waals surface area contributed by atoms with Crippen molar-refractivity contribution in [2.45, 2.75) is 33.7 Å². The van der Waals surface area contributed by atoms with Crippen molar-refractivity contribution in [2.75, 3.05) is 26.4 Å². The molecule has 0 amide bonds. The number of hydrogen-bond donors (Lipinski definition) is 2. The molecule has 1 rings (SSSR count). The molecule has 0 fully saturated rings. The summed E-state index contributed by atoms with van der Waals surface area (Å²) in [5, 5.41) is 12.1. The summed E-state index contributed by atoms with van der Waals surface area (Å²) in [6, 6.07) is 4.77. The Morgan fingerprint density at radius 3 is 2.33 bits per heavy atom. The van der Waals surface area contributed by atoms with Gasteiger partial charge in [-0.3, -0.25) is 0 Å². The van der Waals surface area contributed by atoms with E-state index in [0.717, 1.165) is 6.54 Å². The summed E-state index contributed by atoms with van der Waals surface area (Å²) < 4.78 is 5.24. The zero-order chi connectivity index (χ0) is 13.5. The van der Waals surface area contributed by atoms with Crippen molar-refractivity contribution in [3.8, 4) is 0 Å². The summed E-state index contributed by atoms with van der Waals surface area (Å²) in [5.74, 6) is 0. The van der Waals surface area contributed by atoms with Crippen molar-refractivity contribution in [3.63, 3.8) is 0 Å². The number of ether oxygens (including phenoxy) is 1.